The lowest BCUT2D eigenvalue weighted by Crippen LogP contribution is -2.39. The van der Waals surface area contributed by atoms with Crippen LogP contribution in [0.2, 0.25) is 0 Å². The van der Waals surface area contributed by atoms with Crippen LogP contribution in [0, 0.1) is 5.92 Å². The van der Waals surface area contributed by atoms with Gasteiger partial charge in [-0.05, 0) is 43.7 Å². The van der Waals surface area contributed by atoms with Crippen LogP contribution in [-0.2, 0) is 10.0 Å². The summed E-state index contributed by atoms with van der Waals surface area (Å²) in [5.74, 6) is 1.23. The summed E-state index contributed by atoms with van der Waals surface area (Å²) in [5, 5.41) is 2.91. The molecule has 2 heterocycles. The van der Waals surface area contributed by atoms with Gasteiger partial charge in [0.05, 0.1) is 0 Å². The highest BCUT2D eigenvalue weighted by molar-refractivity contribution is 7.89. The molecule has 1 aliphatic carbocycles. The molecule has 1 aromatic rings. The smallest absolute Gasteiger partial charge is 0.244 e. The fraction of sp³-hybridized carbons (Fsp3) is 0.667. The maximum absolute atomic E-state index is 12.9. The molecule has 0 radical (unpaired) electrons. The standard InChI is InChI=1S/C15H23N3O2S/c1-16-15-9-8-13(11-17-15)21(19,20)18-10-4-7-14(18)12-5-2-3-6-12/h8-9,11-12,14H,2-7,10H2,1H3,(H,16,17). The highest BCUT2D eigenvalue weighted by Crippen LogP contribution is 2.37. The van der Waals surface area contributed by atoms with Gasteiger partial charge in [-0.2, -0.15) is 4.31 Å². The second kappa shape index (κ2) is 5.93. The first-order chi connectivity index (χ1) is 10.1. The van der Waals surface area contributed by atoms with Crippen molar-refractivity contribution in [3.8, 4) is 0 Å². The van der Waals surface area contributed by atoms with E-state index in [0.717, 1.165) is 12.8 Å². The second-order valence-electron chi connectivity index (χ2n) is 6.00. The van der Waals surface area contributed by atoms with E-state index in [-0.39, 0.29) is 6.04 Å². The average molecular weight is 309 g/mol. The molecule has 0 aromatic carbocycles. The van der Waals surface area contributed by atoms with Crippen molar-refractivity contribution >= 4 is 15.8 Å². The summed E-state index contributed by atoms with van der Waals surface area (Å²) >= 11 is 0. The fourth-order valence-electron chi connectivity index (χ4n) is 3.69. The Bertz CT molecular complexity index is 579. The van der Waals surface area contributed by atoms with Crippen LogP contribution in [0.1, 0.15) is 38.5 Å². The number of anilines is 1. The minimum Gasteiger partial charge on any atom is -0.373 e. The van der Waals surface area contributed by atoms with Crippen molar-refractivity contribution in [1.82, 2.24) is 9.29 Å². The van der Waals surface area contributed by atoms with Gasteiger partial charge < -0.3 is 5.32 Å². The van der Waals surface area contributed by atoms with Gasteiger partial charge in [0.15, 0.2) is 0 Å². The Hall–Kier alpha value is -1.14. The van der Waals surface area contributed by atoms with Crippen molar-refractivity contribution in [2.45, 2.75) is 49.5 Å². The Balaban J connectivity index is 1.85. The van der Waals surface area contributed by atoms with Gasteiger partial charge >= 0.3 is 0 Å². The Labute approximate surface area is 126 Å². The molecule has 3 rings (SSSR count). The van der Waals surface area contributed by atoms with E-state index >= 15 is 0 Å². The Kier molecular flexibility index (Phi) is 4.17. The molecule has 0 spiro atoms. The molecule has 5 nitrogen and oxygen atoms in total. The number of hydrogen-bond acceptors (Lipinski definition) is 4. The average Bonchev–Trinajstić information content (AvgIpc) is 3.17. The molecule has 6 heteroatoms. The molecule has 1 atom stereocenters. The van der Waals surface area contributed by atoms with Gasteiger partial charge in [-0.3, -0.25) is 0 Å². The third-order valence-corrected chi connectivity index (χ3v) is 6.70. The van der Waals surface area contributed by atoms with E-state index in [4.69, 9.17) is 0 Å². The summed E-state index contributed by atoms with van der Waals surface area (Å²) in [6.07, 6.45) is 8.28. The van der Waals surface area contributed by atoms with Gasteiger partial charge in [-0.1, -0.05) is 12.8 Å². The quantitative estimate of drug-likeness (QED) is 0.928. The van der Waals surface area contributed by atoms with Gasteiger partial charge in [0.2, 0.25) is 10.0 Å². The van der Waals surface area contributed by atoms with Crippen molar-refractivity contribution in [1.29, 1.82) is 0 Å². The third-order valence-electron chi connectivity index (χ3n) is 4.79. The summed E-state index contributed by atoms with van der Waals surface area (Å²) in [7, 11) is -1.64. The van der Waals surface area contributed by atoms with Gasteiger partial charge in [0, 0.05) is 25.8 Å². The van der Waals surface area contributed by atoms with E-state index in [9.17, 15) is 8.42 Å². The van der Waals surface area contributed by atoms with Gasteiger partial charge in [-0.15, -0.1) is 0 Å². The van der Waals surface area contributed by atoms with Gasteiger partial charge in [0.1, 0.15) is 10.7 Å². The second-order valence-corrected chi connectivity index (χ2v) is 7.89. The lowest BCUT2D eigenvalue weighted by Gasteiger charge is -2.28. The highest BCUT2D eigenvalue weighted by atomic mass is 32.2. The largest absolute Gasteiger partial charge is 0.373 e. The lowest BCUT2D eigenvalue weighted by atomic mass is 9.97. The molecule has 1 unspecified atom stereocenters. The molecule has 1 saturated carbocycles. The summed E-state index contributed by atoms with van der Waals surface area (Å²) < 4.78 is 27.5. The number of sulfonamides is 1. The maximum Gasteiger partial charge on any atom is 0.244 e. The normalized spacial score (nSPS) is 24.5. The molecule has 116 valence electrons. The van der Waals surface area contributed by atoms with E-state index in [1.165, 1.54) is 31.9 Å². The summed E-state index contributed by atoms with van der Waals surface area (Å²) in [6, 6.07) is 3.56. The molecule has 1 aliphatic heterocycles. The SMILES string of the molecule is CNc1ccc(S(=O)(=O)N2CCCC2C2CCCC2)cn1. The summed E-state index contributed by atoms with van der Waals surface area (Å²) in [6.45, 7) is 0.650. The molecule has 21 heavy (non-hydrogen) atoms. The van der Waals surface area contributed by atoms with Crippen LogP contribution in [0.25, 0.3) is 0 Å². The van der Waals surface area contributed by atoms with Crippen molar-refractivity contribution < 1.29 is 8.42 Å². The Morgan fingerprint density at radius 1 is 1.19 bits per heavy atom. The number of hydrogen-bond donors (Lipinski definition) is 1. The van der Waals surface area contributed by atoms with Crippen LogP contribution in [0.15, 0.2) is 23.2 Å². The minimum atomic E-state index is -3.41. The molecule has 2 aliphatic rings. The van der Waals surface area contributed by atoms with E-state index < -0.39 is 10.0 Å². The molecule has 2 fully saturated rings. The Morgan fingerprint density at radius 3 is 2.57 bits per heavy atom. The van der Waals surface area contributed by atoms with Gasteiger partial charge in [-0.25, -0.2) is 13.4 Å². The molecular formula is C15H23N3O2S. The van der Waals surface area contributed by atoms with E-state index in [1.54, 1.807) is 23.5 Å². The predicted octanol–water partition coefficient (Wildman–Crippen LogP) is 2.47. The van der Waals surface area contributed by atoms with Crippen LogP contribution >= 0.6 is 0 Å². The molecular weight excluding hydrogens is 286 g/mol. The fourth-order valence-corrected chi connectivity index (χ4v) is 5.39. The zero-order valence-corrected chi connectivity index (χ0v) is 13.3. The minimum absolute atomic E-state index is 0.196. The molecule has 0 bridgehead atoms. The first-order valence-electron chi connectivity index (χ1n) is 7.78. The summed E-state index contributed by atoms with van der Waals surface area (Å²) in [5.41, 5.74) is 0. The van der Waals surface area contributed by atoms with Crippen LogP contribution in [-0.4, -0.2) is 37.3 Å². The number of rotatable bonds is 4. The number of nitrogens with one attached hydrogen (secondary N) is 1. The van der Waals surface area contributed by atoms with Crippen molar-refractivity contribution in [2.24, 2.45) is 5.92 Å². The molecule has 0 amide bonds. The first-order valence-corrected chi connectivity index (χ1v) is 9.22. The van der Waals surface area contributed by atoms with Crippen molar-refractivity contribution in [3.63, 3.8) is 0 Å². The predicted molar refractivity (Wildman–Crippen MR) is 82.7 cm³/mol. The number of aromatic nitrogens is 1. The zero-order chi connectivity index (χ0) is 14.9. The van der Waals surface area contributed by atoms with E-state index in [0.29, 0.717) is 23.2 Å². The van der Waals surface area contributed by atoms with E-state index in [2.05, 4.69) is 10.3 Å². The number of nitrogens with zero attached hydrogens (tertiary/aromatic N) is 2. The highest BCUT2D eigenvalue weighted by Gasteiger charge is 2.40. The van der Waals surface area contributed by atoms with Gasteiger partial charge in [0.25, 0.3) is 0 Å². The lowest BCUT2D eigenvalue weighted by molar-refractivity contribution is 0.288. The monoisotopic (exact) mass is 309 g/mol. The molecule has 1 N–H and O–H groups in total. The van der Waals surface area contributed by atoms with Crippen LogP contribution < -0.4 is 5.32 Å². The van der Waals surface area contributed by atoms with E-state index in [1.807, 2.05) is 0 Å². The molecule has 1 saturated heterocycles. The van der Waals surface area contributed by atoms with Crippen molar-refractivity contribution in [3.05, 3.63) is 18.3 Å². The number of pyridine rings is 1. The van der Waals surface area contributed by atoms with Crippen LogP contribution in [0.3, 0.4) is 0 Å². The van der Waals surface area contributed by atoms with Crippen LogP contribution in [0.4, 0.5) is 5.82 Å². The van der Waals surface area contributed by atoms with Crippen molar-refractivity contribution in [2.75, 3.05) is 18.9 Å². The summed E-state index contributed by atoms with van der Waals surface area (Å²) in [4.78, 5) is 4.45. The maximum atomic E-state index is 12.9. The Morgan fingerprint density at radius 2 is 1.95 bits per heavy atom. The topological polar surface area (TPSA) is 62.3 Å². The van der Waals surface area contributed by atoms with Crippen LogP contribution in [0.5, 0.6) is 0 Å². The third kappa shape index (κ3) is 2.79. The zero-order valence-electron chi connectivity index (χ0n) is 12.5. The first kappa shape index (κ1) is 14.8. The molecule has 1 aromatic heterocycles.